The van der Waals surface area contributed by atoms with E-state index in [1.165, 1.54) is 13.2 Å². The van der Waals surface area contributed by atoms with Crippen LogP contribution in [-0.2, 0) is 16.0 Å². The molecule has 2 saturated heterocycles. The summed E-state index contributed by atoms with van der Waals surface area (Å²) in [5.41, 5.74) is 0.768. The van der Waals surface area contributed by atoms with E-state index in [9.17, 15) is 14.7 Å². The standard InChI is InChI=1S/C17H21BrN2O5/c1-24-15-8-11(13(18)10-14(15)21)9-16(22)19-4-2-12(3-5-19)20-6-7-25-17(20)23/h8,10,12,21H,2-7,9H2,1H3. The molecule has 7 nitrogen and oxygen atoms in total. The molecule has 1 N–H and O–H groups in total. The molecule has 0 aromatic heterocycles. The van der Waals surface area contributed by atoms with E-state index in [0.29, 0.717) is 36.5 Å². The summed E-state index contributed by atoms with van der Waals surface area (Å²) in [5, 5.41) is 9.76. The molecule has 0 atom stereocenters. The number of carbonyl (C=O) groups excluding carboxylic acids is 2. The Morgan fingerprint density at radius 3 is 2.68 bits per heavy atom. The maximum Gasteiger partial charge on any atom is 0.410 e. The summed E-state index contributed by atoms with van der Waals surface area (Å²) in [7, 11) is 1.47. The Labute approximate surface area is 154 Å². The smallest absolute Gasteiger partial charge is 0.410 e. The number of benzene rings is 1. The predicted octanol–water partition coefficient (Wildman–Crippen LogP) is 2.15. The van der Waals surface area contributed by atoms with Crippen LogP contribution in [0.3, 0.4) is 0 Å². The van der Waals surface area contributed by atoms with Gasteiger partial charge in [-0.2, -0.15) is 0 Å². The zero-order valence-corrected chi connectivity index (χ0v) is 15.6. The van der Waals surface area contributed by atoms with E-state index in [1.807, 2.05) is 4.90 Å². The van der Waals surface area contributed by atoms with Crippen LogP contribution in [0, 0.1) is 0 Å². The van der Waals surface area contributed by atoms with E-state index < -0.39 is 0 Å². The van der Waals surface area contributed by atoms with E-state index in [-0.39, 0.29) is 30.2 Å². The highest BCUT2D eigenvalue weighted by Gasteiger charge is 2.33. The number of hydrogen-bond donors (Lipinski definition) is 1. The van der Waals surface area contributed by atoms with Crippen LogP contribution in [0.4, 0.5) is 4.79 Å². The SMILES string of the molecule is COc1cc(CC(=O)N2CCC(N3CCOC3=O)CC2)c(Br)cc1O. The van der Waals surface area contributed by atoms with E-state index in [2.05, 4.69) is 15.9 Å². The number of ether oxygens (including phenoxy) is 2. The van der Waals surface area contributed by atoms with Gasteiger partial charge >= 0.3 is 6.09 Å². The largest absolute Gasteiger partial charge is 0.504 e. The lowest BCUT2D eigenvalue weighted by atomic mass is 10.0. The summed E-state index contributed by atoms with van der Waals surface area (Å²) >= 11 is 3.38. The molecule has 2 aliphatic heterocycles. The zero-order chi connectivity index (χ0) is 18.0. The van der Waals surface area contributed by atoms with Crippen LogP contribution in [0.2, 0.25) is 0 Å². The summed E-state index contributed by atoms with van der Waals surface area (Å²) in [4.78, 5) is 27.8. The number of nitrogens with zero attached hydrogens (tertiary/aromatic N) is 2. The van der Waals surface area contributed by atoms with Gasteiger partial charge in [0.05, 0.1) is 20.1 Å². The lowest BCUT2D eigenvalue weighted by Crippen LogP contribution is -2.47. The first-order chi connectivity index (χ1) is 12.0. The highest BCUT2D eigenvalue weighted by atomic mass is 79.9. The third-order valence-corrected chi connectivity index (χ3v) is 5.48. The van der Waals surface area contributed by atoms with Crippen LogP contribution in [0.1, 0.15) is 18.4 Å². The molecule has 2 aliphatic rings. The number of amides is 2. The van der Waals surface area contributed by atoms with Gasteiger partial charge in [-0.1, -0.05) is 15.9 Å². The molecule has 0 radical (unpaired) electrons. The Morgan fingerprint density at radius 2 is 2.08 bits per heavy atom. The number of rotatable bonds is 4. The minimum atomic E-state index is -0.245. The number of methoxy groups -OCH3 is 1. The van der Waals surface area contributed by atoms with E-state index in [0.717, 1.165) is 18.4 Å². The van der Waals surface area contributed by atoms with Crippen molar-refractivity contribution in [2.75, 3.05) is 33.4 Å². The summed E-state index contributed by atoms with van der Waals surface area (Å²) in [6.07, 6.45) is 1.51. The summed E-state index contributed by atoms with van der Waals surface area (Å²) in [5.74, 6) is 0.400. The third-order valence-electron chi connectivity index (χ3n) is 4.74. The fraction of sp³-hybridized carbons (Fsp3) is 0.529. The van der Waals surface area contributed by atoms with Crippen molar-refractivity contribution in [2.45, 2.75) is 25.3 Å². The first-order valence-electron chi connectivity index (χ1n) is 8.26. The second-order valence-electron chi connectivity index (χ2n) is 6.21. The Hall–Kier alpha value is -1.96. The van der Waals surface area contributed by atoms with Crippen LogP contribution >= 0.6 is 15.9 Å². The molecular weight excluding hydrogens is 392 g/mol. The van der Waals surface area contributed by atoms with Gasteiger partial charge in [0.2, 0.25) is 5.91 Å². The zero-order valence-electron chi connectivity index (χ0n) is 14.0. The van der Waals surface area contributed by atoms with Gasteiger partial charge in [-0.25, -0.2) is 4.79 Å². The van der Waals surface area contributed by atoms with E-state index in [4.69, 9.17) is 9.47 Å². The van der Waals surface area contributed by atoms with Gasteiger partial charge in [-0.3, -0.25) is 4.79 Å². The Balaban J connectivity index is 1.59. The van der Waals surface area contributed by atoms with Gasteiger partial charge in [0.1, 0.15) is 6.61 Å². The van der Waals surface area contributed by atoms with Crippen molar-refractivity contribution in [3.8, 4) is 11.5 Å². The number of halogens is 1. The van der Waals surface area contributed by atoms with Crippen molar-refractivity contribution in [1.29, 1.82) is 0 Å². The van der Waals surface area contributed by atoms with Crippen LogP contribution in [-0.4, -0.2) is 66.3 Å². The number of phenols is 1. The molecule has 0 spiro atoms. The Bertz CT molecular complexity index is 673. The molecule has 2 amide bonds. The number of likely N-dealkylation sites (tertiary alicyclic amines) is 1. The van der Waals surface area contributed by atoms with Crippen molar-refractivity contribution in [1.82, 2.24) is 9.80 Å². The van der Waals surface area contributed by atoms with Gasteiger partial charge in [-0.15, -0.1) is 0 Å². The van der Waals surface area contributed by atoms with Crippen LogP contribution in [0.25, 0.3) is 0 Å². The lowest BCUT2D eigenvalue weighted by molar-refractivity contribution is -0.131. The molecule has 0 saturated carbocycles. The maximum atomic E-state index is 12.6. The molecule has 25 heavy (non-hydrogen) atoms. The maximum absolute atomic E-state index is 12.6. The van der Waals surface area contributed by atoms with Crippen LogP contribution < -0.4 is 4.74 Å². The van der Waals surface area contributed by atoms with Gasteiger partial charge < -0.3 is 24.4 Å². The number of cyclic esters (lactones) is 1. The fourth-order valence-electron chi connectivity index (χ4n) is 3.32. The summed E-state index contributed by atoms with van der Waals surface area (Å²) < 4.78 is 10.8. The summed E-state index contributed by atoms with van der Waals surface area (Å²) in [6.45, 7) is 2.34. The predicted molar refractivity (Wildman–Crippen MR) is 93.7 cm³/mol. The van der Waals surface area contributed by atoms with Gasteiger partial charge in [0.15, 0.2) is 11.5 Å². The summed E-state index contributed by atoms with van der Waals surface area (Å²) in [6, 6.07) is 3.36. The van der Waals surface area contributed by atoms with Crippen molar-refractivity contribution in [3.05, 3.63) is 22.2 Å². The first kappa shape index (κ1) is 17.8. The molecule has 0 aliphatic carbocycles. The average molecular weight is 413 g/mol. The average Bonchev–Trinajstić information content (AvgIpc) is 3.03. The van der Waals surface area contributed by atoms with Crippen molar-refractivity contribution in [2.24, 2.45) is 0 Å². The molecule has 136 valence electrons. The topological polar surface area (TPSA) is 79.3 Å². The quantitative estimate of drug-likeness (QED) is 0.819. The molecule has 1 aromatic rings. The second kappa shape index (κ2) is 7.51. The molecule has 2 fully saturated rings. The van der Waals surface area contributed by atoms with Crippen molar-refractivity contribution >= 4 is 27.9 Å². The van der Waals surface area contributed by atoms with Crippen LogP contribution in [0.5, 0.6) is 11.5 Å². The number of carbonyl (C=O) groups is 2. The van der Waals surface area contributed by atoms with E-state index in [1.54, 1.807) is 11.0 Å². The lowest BCUT2D eigenvalue weighted by Gasteiger charge is -2.35. The molecule has 1 aromatic carbocycles. The number of phenolic OH excluding ortho intramolecular Hbond substituents is 1. The fourth-order valence-corrected chi connectivity index (χ4v) is 3.79. The minimum Gasteiger partial charge on any atom is -0.504 e. The highest BCUT2D eigenvalue weighted by Crippen LogP contribution is 2.33. The van der Waals surface area contributed by atoms with Crippen molar-refractivity contribution in [3.63, 3.8) is 0 Å². The highest BCUT2D eigenvalue weighted by molar-refractivity contribution is 9.10. The normalized spacial score (nSPS) is 18.4. The number of hydrogen-bond acceptors (Lipinski definition) is 5. The number of piperidine rings is 1. The van der Waals surface area contributed by atoms with Gasteiger partial charge in [0.25, 0.3) is 0 Å². The van der Waals surface area contributed by atoms with Gasteiger partial charge in [-0.05, 0) is 30.5 Å². The molecule has 0 bridgehead atoms. The molecule has 8 heteroatoms. The monoisotopic (exact) mass is 412 g/mol. The molecule has 2 heterocycles. The van der Waals surface area contributed by atoms with Gasteiger partial charge in [0, 0.05) is 23.6 Å². The van der Waals surface area contributed by atoms with Crippen molar-refractivity contribution < 1.29 is 24.2 Å². The third kappa shape index (κ3) is 3.84. The minimum absolute atomic E-state index is 0.0240. The molecule has 3 rings (SSSR count). The molecule has 0 unspecified atom stereocenters. The second-order valence-corrected chi connectivity index (χ2v) is 7.07. The Kier molecular flexibility index (Phi) is 5.36. The van der Waals surface area contributed by atoms with Crippen LogP contribution in [0.15, 0.2) is 16.6 Å². The van der Waals surface area contributed by atoms with E-state index >= 15 is 0 Å². The first-order valence-corrected chi connectivity index (χ1v) is 9.05. The Morgan fingerprint density at radius 1 is 1.36 bits per heavy atom. The molecular formula is C17H21BrN2O5. The number of aromatic hydroxyl groups is 1.